The van der Waals surface area contributed by atoms with Crippen molar-refractivity contribution in [3.05, 3.63) is 35.1 Å². The molecule has 3 nitrogen and oxygen atoms in total. The largest absolute Gasteiger partial charge is 0.338 e. The van der Waals surface area contributed by atoms with Crippen molar-refractivity contribution in [2.75, 3.05) is 6.54 Å². The van der Waals surface area contributed by atoms with Gasteiger partial charge < -0.3 is 10.6 Å². The average molecular weight is 236 g/mol. The highest BCUT2D eigenvalue weighted by Crippen LogP contribution is 2.17. The van der Waals surface area contributed by atoms with Gasteiger partial charge in [-0.15, -0.1) is 0 Å². The third-order valence-corrected chi connectivity index (χ3v) is 3.17. The summed E-state index contributed by atoms with van der Waals surface area (Å²) in [7, 11) is 0. The second kappa shape index (κ2) is 5.27. The Hall–Kier alpha value is -1.42. The van der Waals surface area contributed by atoms with E-state index in [0.29, 0.717) is 19.5 Å². The molecule has 2 N–H and O–H groups in total. The number of rotatable bonds is 3. The topological polar surface area (TPSA) is 46.3 Å². The molecule has 92 valence electrons. The Morgan fingerprint density at radius 2 is 2.12 bits per heavy atom. The van der Waals surface area contributed by atoms with Crippen molar-refractivity contribution in [1.29, 1.82) is 0 Å². The Labute approximate surface area is 100 Å². The lowest BCUT2D eigenvalue weighted by Gasteiger charge is -2.27. The lowest BCUT2D eigenvalue weighted by atomic mass is 10.0. The third kappa shape index (κ3) is 2.82. The summed E-state index contributed by atoms with van der Waals surface area (Å²) in [5.41, 5.74) is 7.32. The van der Waals surface area contributed by atoms with Crippen LogP contribution in [0.3, 0.4) is 0 Å². The van der Waals surface area contributed by atoms with Gasteiger partial charge in [0.2, 0.25) is 5.91 Å². The first-order chi connectivity index (χ1) is 8.20. The van der Waals surface area contributed by atoms with Gasteiger partial charge in [-0.1, -0.05) is 6.07 Å². The monoisotopic (exact) mass is 236 g/mol. The van der Waals surface area contributed by atoms with Crippen LogP contribution in [-0.4, -0.2) is 17.4 Å². The number of carbonyl (C=O) groups excluding carboxylic acids is 1. The fourth-order valence-corrected chi connectivity index (χ4v) is 2.17. The number of halogens is 1. The fraction of sp³-hybridized carbons (Fsp3) is 0.462. The normalized spacial score (nSPS) is 16.4. The summed E-state index contributed by atoms with van der Waals surface area (Å²) in [5.74, 6) is -0.0947. The second-order valence-corrected chi connectivity index (χ2v) is 4.39. The molecule has 0 unspecified atom stereocenters. The van der Waals surface area contributed by atoms with E-state index in [1.165, 1.54) is 12.1 Å². The van der Waals surface area contributed by atoms with Gasteiger partial charge >= 0.3 is 0 Å². The molecule has 0 spiro atoms. The summed E-state index contributed by atoms with van der Waals surface area (Å²) >= 11 is 0. The molecule has 0 saturated carbocycles. The Bertz CT molecular complexity index is 420. The van der Waals surface area contributed by atoms with Gasteiger partial charge in [-0.05, 0) is 36.1 Å². The summed E-state index contributed by atoms with van der Waals surface area (Å²) in [6.07, 6.45) is 2.65. The zero-order chi connectivity index (χ0) is 12.3. The quantitative estimate of drug-likeness (QED) is 0.869. The highest BCUT2D eigenvalue weighted by atomic mass is 19.1. The SMILES string of the molecule is NCc1cc(F)ccc1CN1CCCCC1=O. The van der Waals surface area contributed by atoms with Crippen molar-refractivity contribution in [3.63, 3.8) is 0 Å². The highest BCUT2D eigenvalue weighted by molar-refractivity contribution is 5.76. The van der Waals surface area contributed by atoms with Gasteiger partial charge in [0.05, 0.1) is 0 Å². The smallest absolute Gasteiger partial charge is 0.222 e. The molecule has 1 saturated heterocycles. The molecule has 1 aromatic rings. The minimum absolute atomic E-state index is 0.184. The van der Waals surface area contributed by atoms with Gasteiger partial charge in [0.15, 0.2) is 0 Å². The van der Waals surface area contributed by atoms with E-state index in [0.717, 1.165) is 30.5 Å². The van der Waals surface area contributed by atoms with Crippen molar-refractivity contribution >= 4 is 5.91 Å². The number of piperidine rings is 1. The molecule has 1 heterocycles. The fourth-order valence-electron chi connectivity index (χ4n) is 2.17. The summed E-state index contributed by atoms with van der Waals surface area (Å²) in [4.78, 5) is 13.5. The summed E-state index contributed by atoms with van der Waals surface area (Å²) in [5, 5.41) is 0. The van der Waals surface area contributed by atoms with E-state index < -0.39 is 0 Å². The standard InChI is InChI=1S/C13H17FN2O/c14-12-5-4-10(11(7-12)8-15)9-16-6-2-1-3-13(16)17/h4-5,7H,1-3,6,8-9,15H2. The Morgan fingerprint density at radius 3 is 2.82 bits per heavy atom. The van der Waals surface area contributed by atoms with Gasteiger partial charge in [0, 0.05) is 26.1 Å². The lowest BCUT2D eigenvalue weighted by molar-refractivity contribution is -0.133. The van der Waals surface area contributed by atoms with Crippen LogP contribution in [0.15, 0.2) is 18.2 Å². The van der Waals surface area contributed by atoms with Gasteiger partial charge in [0.1, 0.15) is 5.82 Å². The van der Waals surface area contributed by atoms with Crippen LogP contribution in [0.5, 0.6) is 0 Å². The molecule has 2 rings (SSSR count). The molecular weight excluding hydrogens is 219 g/mol. The number of hydrogen-bond acceptors (Lipinski definition) is 2. The van der Waals surface area contributed by atoms with E-state index in [2.05, 4.69) is 0 Å². The zero-order valence-electron chi connectivity index (χ0n) is 9.79. The first-order valence-corrected chi connectivity index (χ1v) is 5.96. The summed E-state index contributed by atoms with van der Waals surface area (Å²) in [6.45, 7) is 1.64. The molecular formula is C13H17FN2O. The summed E-state index contributed by atoms with van der Waals surface area (Å²) < 4.78 is 13.1. The molecule has 1 fully saturated rings. The van der Waals surface area contributed by atoms with Gasteiger partial charge in [0.25, 0.3) is 0 Å². The molecule has 17 heavy (non-hydrogen) atoms. The number of nitrogens with two attached hydrogens (primary N) is 1. The average Bonchev–Trinajstić information content (AvgIpc) is 2.34. The summed E-state index contributed by atoms with van der Waals surface area (Å²) in [6, 6.07) is 4.59. The number of carbonyl (C=O) groups is 1. The second-order valence-electron chi connectivity index (χ2n) is 4.39. The van der Waals surface area contributed by atoms with E-state index in [-0.39, 0.29) is 11.7 Å². The first-order valence-electron chi connectivity index (χ1n) is 5.96. The number of amides is 1. The predicted molar refractivity (Wildman–Crippen MR) is 63.6 cm³/mol. The zero-order valence-corrected chi connectivity index (χ0v) is 9.79. The minimum atomic E-state index is -0.279. The molecule has 0 aliphatic carbocycles. The van der Waals surface area contributed by atoms with Crippen molar-refractivity contribution in [3.8, 4) is 0 Å². The van der Waals surface area contributed by atoms with Gasteiger partial charge in [-0.3, -0.25) is 4.79 Å². The third-order valence-electron chi connectivity index (χ3n) is 3.17. The molecule has 0 bridgehead atoms. The molecule has 0 aromatic heterocycles. The molecule has 1 aliphatic rings. The van der Waals surface area contributed by atoms with E-state index in [9.17, 15) is 9.18 Å². The van der Waals surface area contributed by atoms with Crippen LogP contribution in [-0.2, 0) is 17.9 Å². The number of nitrogens with zero attached hydrogens (tertiary/aromatic N) is 1. The van der Waals surface area contributed by atoms with Crippen molar-refractivity contribution in [2.45, 2.75) is 32.4 Å². The maximum atomic E-state index is 13.1. The van der Waals surface area contributed by atoms with Crippen molar-refractivity contribution < 1.29 is 9.18 Å². The number of benzene rings is 1. The van der Waals surface area contributed by atoms with Gasteiger partial charge in [-0.25, -0.2) is 4.39 Å². The van der Waals surface area contributed by atoms with Crippen LogP contribution in [0.25, 0.3) is 0 Å². The Morgan fingerprint density at radius 1 is 1.29 bits per heavy atom. The molecule has 1 aliphatic heterocycles. The maximum absolute atomic E-state index is 13.1. The lowest BCUT2D eigenvalue weighted by Crippen LogP contribution is -2.35. The van der Waals surface area contributed by atoms with Crippen LogP contribution >= 0.6 is 0 Å². The molecule has 0 radical (unpaired) electrons. The highest BCUT2D eigenvalue weighted by Gasteiger charge is 2.18. The maximum Gasteiger partial charge on any atom is 0.222 e. The Balaban J connectivity index is 2.14. The van der Waals surface area contributed by atoms with Crippen LogP contribution < -0.4 is 5.73 Å². The van der Waals surface area contributed by atoms with Gasteiger partial charge in [-0.2, -0.15) is 0 Å². The van der Waals surface area contributed by atoms with E-state index in [1.54, 1.807) is 6.07 Å². The van der Waals surface area contributed by atoms with Crippen LogP contribution in [0.4, 0.5) is 4.39 Å². The number of likely N-dealkylation sites (tertiary alicyclic amines) is 1. The number of hydrogen-bond donors (Lipinski definition) is 1. The molecule has 4 heteroatoms. The van der Waals surface area contributed by atoms with Crippen LogP contribution in [0, 0.1) is 5.82 Å². The van der Waals surface area contributed by atoms with E-state index in [4.69, 9.17) is 5.73 Å². The molecule has 1 aromatic carbocycles. The van der Waals surface area contributed by atoms with Crippen molar-refractivity contribution in [1.82, 2.24) is 4.90 Å². The van der Waals surface area contributed by atoms with E-state index in [1.807, 2.05) is 4.90 Å². The van der Waals surface area contributed by atoms with E-state index >= 15 is 0 Å². The van der Waals surface area contributed by atoms with Crippen molar-refractivity contribution in [2.24, 2.45) is 5.73 Å². The van der Waals surface area contributed by atoms with Crippen LogP contribution in [0.1, 0.15) is 30.4 Å². The molecule has 1 amide bonds. The predicted octanol–water partition coefficient (Wildman–Crippen LogP) is 1.80. The molecule has 0 atom stereocenters. The Kier molecular flexibility index (Phi) is 3.74. The minimum Gasteiger partial charge on any atom is -0.338 e. The van der Waals surface area contributed by atoms with Crippen LogP contribution in [0.2, 0.25) is 0 Å². The first kappa shape index (κ1) is 12.0.